The van der Waals surface area contributed by atoms with Gasteiger partial charge in [-0.3, -0.25) is 29.4 Å². The quantitative estimate of drug-likeness (QED) is 0.566. The largest absolute Gasteiger partial charge is 0.295 e. The lowest BCUT2D eigenvalue weighted by Crippen LogP contribution is -2.54. The van der Waals surface area contributed by atoms with Crippen molar-refractivity contribution in [2.24, 2.45) is 0 Å². The lowest BCUT2D eigenvalue weighted by atomic mass is 9.88. The number of halogens is 1. The molecule has 1 saturated heterocycles. The van der Waals surface area contributed by atoms with Gasteiger partial charge in [-0.15, -0.1) is 5.10 Å². The van der Waals surface area contributed by atoms with Gasteiger partial charge in [0.05, 0.1) is 23.4 Å². The predicted molar refractivity (Wildman–Crippen MR) is 125 cm³/mol. The zero-order chi connectivity index (χ0) is 24.3. The Bertz CT molecular complexity index is 1430. The Hall–Kier alpha value is -3.85. The molecule has 2 aromatic carbocycles. The van der Waals surface area contributed by atoms with Crippen LogP contribution in [0.15, 0.2) is 42.6 Å². The van der Waals surface area contributed by atoms with E-state index < -0.39 is 29.7 Å². The summed E-state index contributed by atoms with van der Waals surface area (Å²) in [6.07, 6.45) is 4.96. The highest BCUT2D eigenvalue weighted by Gasteiger charge is 2.44. The number of rotatable bonds is 3. The second kappa shape index (κ2) is 8.13. The molecule has 3 heterocycles. The van der Waals surface area contributed by atoms with Crippen LogP contribution in [0.5, 0.6) is 0 Å². The Balaban J connectivity index is 1.30. The van der Waals surface area contributed by atoms with E-state index in [9.17, 15) is 19.2 Å². The molecule has 1 aromatic heterocycles. The monoisotopic (exact) mass is 489 g/mol. The number of hydrogen-bond acceptors (Lipinski definition) is 6. The maximum atomic E-state index is 13.1. The molecular weight excluding hydrogens is 470 g/mol. The number of piperidine rings is 1. The van der Waals surface area contributed by atoms with Crippen LogP contribution in [-0.4, -0.2) is 49.6 Å². The number of carbonyl (C=O) groups is 4. The van der Waals surface area contributed by atoms with E-state index in [0.29, 0.717) is 16.3 Å². The predicted octanol–water partition coefficient (Wildman–Crippen LogP) is 2.93. The van der Waals surface area contributed by atoms with Gasteiger partial charge in [-0.1, -0.05) is 28.9 Å². The van der Waals surface area contributed by atoms with Crippen LogP contribution in [0, 0.1) is 0 Å². The zero-order valence-corrected chi connectivity index (χ0v) is 19.3. The van der Waals surface area contributed by atoms with Crippen molar-refractivity contribution in [3.8, 4) is 11.3 Å². The third-order valence-electron chi connectivity index (χ3n) is 6.96. The molecule has 1 unspecified atom stereocenters. The minimum atomic E-state index is -0.998. The molecule has 3 aliphatic rings. The number of imide groups is 2. The third-order valence-corrected chi connectivity index (χ3v) is 7.19. The van der Waals surface area contributed by atoms with Crippen molar-refractivity contribution in [2.75, 3.05) is 0 Å². The number of nitrogens with zero attached hydrogens (tertiary/aromatic N) is 4. The standard InChI is InChI=1S/C25H20ClN5O4/c26-15-6-4-13-2-1-3-20(17(13)11-15)30-12-19(28-29-30)14-5-7-16-18(10-14)25(35)31(24(16)34)21-8-9-22(32)27-23(21)33/h4-7,10-12,20-21H,1-3,8-9H2,(H,27,32,33)/t20-,21?/m0/s1. The van der Waals surface area contributed by atoms with Crippen molar-refractivity contribution in [3.05, 3.63) is 69.9 Å². The maximum absolute atomic E-state index is 13.1. The van der Waals surface area contributed by atoms with Crippen LogP contribution in [0.25, 0.3) is 11.3 Å². The van der Waals surface area contributed by atoms with Gasteiger partial charge in [0.15, 0.2) is 0 Å². The Morgan fingerprint density at radius 2 is 1.74 bits per heavy atom. The first-order valence-electron chi connectivity index (χ1n) is 11.5. The van der Waals surface area contributed by atoms with E-state index in [1.807, 2.05) is 23.0 Å². The second-order valence-corrected chi connectivity index (χ2v) is 9.48. The van der Waals surface area contributed by atoms with Gasteiger partial charge in [0.25, 0.3) is 11.8 Å². The summed E-state index contributed by atoms with van der Waals surface area (Å²) in [5.41, 5.74) is 4.03. The Morgan fingerprint density at radius 3 is 2.57 bits per heavy atom. The van der Waals surface area contributed by atoms with Gasteiger partial charge in [-0.25, -0.2) is 4.68 Å². The van der Waals surface area contributed by atoms with Gasteiger partial charge < -0.3 is 0 Å². The van der Waals surface area contributed by atoms with Gasteiger partial charge in [0.1, 0.15) is 11.7 Å². The van der Waals surface area contributed by atoms with E-state index in [4.69, 9.17) is 11.6 Å². The van der Waals surface area contributed by atoms with E-state index in [-0.39, 0.29) is 30.0 Å². The number of carbonyl (C=O) groups excluding carboxylic acids is 4. The van der Waals surface area contributed by atoms with Crippen molar-refractivity contribution in [1.29, 1.82) is 0 Å². The molecule has 0 bridgehead atoms. The SMILES string of the molecule is O=C1CCC(N2C(=O)c3ccc(-c4cn([C@H]5CCCc6ccc(Cl)cc65)nn4)cc3C2=O)C(=O)N1. The fourth-order valence-electron chi connectivity index (χ4n) is 5.21. The molecule has 3 aromatic rings. The van der Waals surface area contributed by atoms with Crippen molar-refractivity contribution >= 4 is 35.2 Å². The number of amides is 4. The summed E-state index contributed by atoms with van der Waals surface area (Å²) in [7, 11) is 0. The molecule has 1 aliphatic carbocycles. The number of aromatic nitrogens is 3. The van der Waals surface area contributed by atoms with E-state index >= 15 is 0 Å². The summed E-state index contributed by atoms with van der Waals surface area (Å²) >= 11 is 6.24. The number of aryl methyl sites for hydroxylation is 1. The fourth-order valence-corrected chi connectivity index (χ4v) is 5.39. The third kappa shape index (κ3) is 3.54. The first-order chi connectivity index (χ1) is 16.9. The Kier molecular flexibility index (Phi) is 5.03. The van der Waals surface area contributed by atoms with Crippen LogP contribution in [0.4, 0.5) is 0 Å². The first kappa shape index (κ1) is 21.7. The molecule has 1 fully saturated rings. The molecule has 9 nitrogen and oxygen atoms in total. The van der Waals surface area contributed by atoms with Gasteiger partial charge in [0, 0.05) is 17.0 Å². The number of benzene rings is 2. The number of hydrogen-bond donors (Lipinski definition) is 1. The molecule has 4 amide bonds. The van der Waals surface area contributed by atoms with Crippen molar-refractivity contribution in [1.82, 2.24) is 25.2 Å². The highest BCUT2D eigenvalue weighted by atomic mass is 35.5. The minimum Gasteiger partial charge on any atom is -0.295 e. The highest BCUT2D eigenvalue weighted by molar-refractivity contribution is 6.30. The van der Waals surface area contributed by atoms with Crippen LogP contribution < -0.4 is 5.32 Å². The smallest absolute Gasteiger partial charge is 0.262 e. The molecule has 0 spiro atoms. The van der Waals surface area contributed by atoms with Gasteiger partial charge in [-0.05, 0) is 61.1 Å². The molecule has 2 aliphatic heterocycles. The first-order valence-corrected chi connectivity index (χ1v) is 11.8. The van der Waals surface area contributed by atoms with Crippen LogP contribution in [-0.2, 0) is 16.0 Å². The summed E-state index contributed by atoms with van der Waals surface area (Å²) in [6.45, 7) is 0. The van der Waals surface area contributed by atoms with Gasteiger partial charge in [0.2, 0.25) is 11.8 Å². The molecule has 2 atom stereocenters. The molecule has 35 heavy (non-hydrogen) atoms. The molecule has 0 radical (unpaired) electrons. The fraction of sp³-hybridized carbons (Fsp3) is 0.280. The van der Waals surface area contributed by atoms with Crippen LogP contribution >= 0.6 is 11.6 Å². The lowest BCUT2D eigenvalue weighted by Gasteiger charge is -2.27. The molecule has 176 valence electrons. The van der Waals surface area contributed by atoms with E-state index in [0.717, 1.165) is 29.7 Å². The minimum absolute atomic E-state index is 0.0133. The molecule has 0 saturated carbocycles. The molecule has 1 N–H and O–H groups in total. The van der Waals surface area contributed by atoms with E-state index in [2.05, 4.69) is 21.7 Å². The number of fused-ring (bicyclic) bond motifs is 2. The van der Waals surface area contributed by atoms with Gasteiger partial charge in [-0.2, -0.15) is 0 Å². The van der Waals surface area contributed by atoms with E-state index in [1.54, 1.807) is 18.2 Å². The molecule has 10 heteroatoms. The van der Waals surface area contributed by atoms with Crippen LogP contribution in [0.2, 0.25) is 5.02 Å². The highest BCUT2D eigenvalue weighted by Crippen LogP contribution is 2.35. The maximum Gasteiger partial charge on any atom is 0.262 e. The number of nitrogens with one attached hydrogen (secondary N) is 1. The Morgan fingerprint density at radius 1 is 0.914 bits per heavy atom. The summed E-state index contributed by atoms with van der Waals surface area (Å²) in [5.74, 6) is -2.13. The summed E-state index contributed by atoms with van der Waals surface area (Å²) < 4.78 is 1.82. The van der Waals surface area contributed by atoms with Crippen molar-refractivity contribution < 1.29 is 19.2 Å². The average Bonchev–Trinajstić information content (AvgIpc) is 3.43. The summed E-state index contributed by atoms with van der Waals surface area (Å²) in [4.78, 5) is 50.8. The van der Waals surface area contributed by atoms with Crippen molar-refractivity contribution in [3.63, 3.8) is 0 Å². The summed E-state index contributed by atoms with van der Waals surface area (Å²) in [6, 6.07) is 9.85. The lowest BCUT2D eigenvalue weighted by molar-refractivity contribution is -0.136. The average molecular weight is 490 g/mol. The molecular formula is C25H20ClN5O4. The topological polar surface area (TPSA) is 114 Å². The van der Waals surface area contributed by atoms with Crippen molar-refractivity contribution in [2.45, 2.75) is 44.2 Å². The zero-order valence-electron chi connectivity index (χ0n) is 18.5. The summed E-state index contributed by atoms with van der Waals surface area (Å²) in [5, 5.41) is 11.6. The van der Waals surface area contributed by atoms with Crippen LogP contribution in [0.1, 0.15) is 63.6 Å². The normalized spacial score (nSPS) is 21.7. The second-order valence-electron chi connectivity index (χ2n) is 9.04. The molecule has 6 rings (SSSR count). The van der Waals surface area contributed by atoms with Crippen LogP contribution in [0.3, 0.4) is 0 Å². The van der Waals surface area contributed by atoms with E-state index in [1.165, 1.54) is 5.56 Å². The van der Waals surface area contributed by atoms with Gasteiger partial charge >= 0.3 is 0 Å². The Labute approximate surface area is 205 Å².